The summed E-state index contributed by atoms with van der Waals surface area (Å²) in [6.45, 7) is 4.56. The predicted molar refractivity (Wildman–Crippen MR) is 53.9 cm³/mol. The summed E-state index contributed by atoms with van der Waals surface area (Å²) in [4.78, 5) is 0. The number of hydrogen-bond acceptors (Lipinski definition) is 6. The standard InChI is InChI=1S/C4H10N2.H2O3S3/c1-2-6-4-3-5-1;1-6(2,3)5-4/h5-6H,1-4H2;4H,(H,1,2,3). The van der Waals surface area contributed by atoms with Crippen LogP contribution in [0.3, 0.4) is 0 Å². The molecule has 0 amide bonds. The molecule has 0 aromatic carbocycles. The Labute approximate surface area is 80.6 Å². The molecule has 12 heavy (non-hydrogen) atoms. The predicted octanol–water partition coefficient (Wildman–Crippen LogP) is -0.454. The summed E-state index contributed by atoms with van der Waals surface area (Å²) in [5, 5.41) is 6.44. The molecule has 0 unspecified atom stereocenters. The van der Waals surface area contributed by atoms with Gasteiger partial charge in [0, 0.05) is 26.2 Å². The molecule has 1 aliphatic rings. The maximum Gasteiger partial charge on any atom is 0.329 e. The van der Waals surface area contributed by atoms with Gasteiger partial charge < -0.3 is 10.6 Å². The van der Waals surface area contributed by atoms with Crippen molar-refractivity contribution in [2.45, 2.75) is 0 Å². The van der Waals surface area contributed by atoms with E-state index < -0.39 is 9.15 Å². The number of thiol groups is 1. The Kier molecular flexibility index (Phi) is 7.29. The van der Waals surface area contributed by atoms with Crippen LogP contribution in [-0.2, 0) is 9.15 Å². The molecule has 0 aromatic heterocycles. The lowest BCUT2D eigenvalue weighted by Gasteiger charge is -2.11. The molecule has 1 aliphatic heterocycles. The van der Waals surface area contributed by atoms with Crippen molar-refractivity contribution in [3.05, 3.63) is 0 Å². The monoisotopic (exact) mass is 232 g/mol. The molecular weight excluding hydrogens is 220 g/mol. The van der Waals surface area contributed by atoms with Crippen molar-refractivity contribution in [3.63, 3.8) is 0 Å². The second-order valence-corrected chi connectivity index (χ2v) is 6.06. The van der Waals surface area contributed by atoms with E-state index in [4.69, 9.17) is 4.55 Å². The fourth-order valence-electron chi connectivity index (χ4n) is 0.604. The molecule has 0 aliphatic carbocycles. The van der Waals surface area contributed by atoms with Crippen molar-refractivity contribution in [2.75, 3.05) is 26.2 Å². The van der Waals surface area contributed by atoms with Gasteiger partial charge in [0.2, 0.25) is 0 Å². The summed E-state index contributed by atoms with van der Waals surface area (Å²) < 4.78 is 26.6. The molecule has 3 N–H and O–H groups in total. The first kappa shape index (κ1) is 12.5. The maximum atomic E-state index is 9.44. The van der Waals surface area contributed by atoms with Gasteiger partial charge in [0.15, 0.2) is 0 Å². The molecule has 0 atom stereocenters. The minimum Gasteiger partial charge on any atom is -0.314 e. The molecule has 1 saturated heterocycles. The van der Waals surface area contributed by atoms with Gasteiger partial charge in [0.25, 0.3) is 0 Å². The molecule has 1 fully saturated rings. The zero-order valence-electron chi connectivity index (χ0n) is 6.36. The average molecular weight is 232 g/mol. The number of hydrogen-bond donors (Lipinski definition) is 4. The molecule has 0 spiro atoms. The lowest BCUT2D eigenvalue weighted by Crippen LogP contribution is -2.39. The van der Waals surface area contributed by atoms with Crippen molar-refractivity contribution < 1.29 is 13.0 Å². The topological polar surface area (TPSA) is 78.4 Å². The second-order valence-electron chi connectivity index (χ2n) is 2.00. The Hall–Kier alpha value is 0.530. The van der Waals surface area contributed by atoms with Crippen LogP contribution in [0.2, 0.25) is 0 Å². The van der Waals surface area contributed by atoms with E-state index in [2.05, 4.69) is 22.3 Å². The van der Waals surface area contributed by atoms with Crippen LogP contribution in [0.25, 0.3) is 0 Å². The van der Waals surface area contributed by atoms with Crippen LogP contribution in [0.4, 0.5) is 0 Å². The van der Waals surface area contributed by atoms with Crippen molar-refractivity contribution in [1.82, 2.24) is 10.6 Å². The van der Waals surface area contributed by atoms with E-state index in [1.807, 2.05) is 0 Å². The van der Waals surface area contributed by atoms with E-state index in [1.54, 1.807) is 0 Å². The van der Waals surface area contributed by atoms with Crippen molar-refractivity contribution in [1.29, 1.82) is 0 Å². The summed E-state index contributed by atoms with van der Waals surface area (Å²) in [5.74, 6) is 0. The molecule has 8 heteroatoms. The Morgan fingerprint density at radius 2 is 1.42 bits per heavy atom. The second kappa shape index (κ2) is 6.98. The summed E-state index contributed by atoms with van der Waals surface area (Å²) in [5.41, 5.74) is 0. The van der Waals surface area contributed by atoms with Crippen LogP contribution in [0, 0.1) is 0 Å². The first-order chi connectivity index (χ1) is 5.56. The van der Waals surface area contributed by atoms with Crippen LogP contribution in [0.15, 0.2) is 0 Å². The van der Waals surface area contributed by atoms with Crippen molar-refractivity contribution in [3.8, 4) is 0 Å². The van der Waals surface area contributed by atoms with Gasteiger partial charge in [-0.3, -0.25) is 4.55 Å². The zero-order valence-corrected chi connectivity index (χ0v) is 8.88. The zero-order chi connectivity index (χ0) is 9.45. The van der Waals surface area contributed by atoms with Crippen LogP contribution in [0.5, 0.6) is 0 Å². The van der Waals surface area contributed by atoms with Gasteiger partial charge in [-0.2, -0.15) is 8.42 Å². The van der Waals surface area contributed by atoms with E-state index >= 15 is 0 Å². The van der Waals surface area contributed by atoms with E-state index in [9.17, 15) is 8.42 Å². The number of rotatable bonds is 1. The van der Waals surface area contributed by atoms with Crippen LogP contribution in [-0.4, -0.2) is 39.1 Å². The Balaban J connectivity index is 0.000000202. The molecule has 0 radical (unpaired) electrons. The van der Waals surface area contributed by atoms with Gasteiger partial charge in [-0.1, -0.05) is 11.7 Å². The first-order valence-electron chi connectivity index (χ1n) is 3.28. The molecule has 0 aromatic rings. The Bertz CT molecular complexity index is 178. The lowest BCUT2D eigenvalue weighted by molar-refractivity contribution is 0.503. The van der Waals surface area contributed by atoms with E-state index in [0.29, 0.717) is 0 Å². The smallest absolute Gasteiger partial charge is 0.314 e. The summed E-state index contributed by atoms with van der Waals surface area (Å²) in [7, 11) is -3.78. The van der Waals surface area contributed by atoms with Crippen molar-refractivity contribution in [2.24, 2.45) is 0 Å². The van der Waals surface area contributed by atoms with Gasteiger partial charge in [-0.25, -0.2) is 0 Å². The molecular formula is C4H12N2O3S3. The third kappa shape index (κ3) is 10.5. The quantitative estimate of drug-likeness (QED) is 0.278. The molecule has 0 saturated carbocycles. The van der Waals surface area contributed by atoms with Crippen LogP contribution < -0.4 is 10.6 Å². The molecule has 1 rings (SSSR count). The van der Waals surface area contributed by atoms with E-state index in [0.717, 1.165) is 26.2 Å². The maximum absolute atomic E-state index is 9.44. The molecule has 5 nitrogen and oxygen atoms in total. The SMILES string of the molecule is C1CNCCN1.O=S(=O)(O)SS. The molecule has 1 heterocycles. The summed E-state index contributed by atoms with van der Waals surface area (Å²) >= 11 is 3.18. The fraction of sp³-hybridized carbons (Fsp3) is 1.00. The molecule has 74 valence electrons. The van der Waals surface area contributed by atoms with Gasteiger partial charge in [-0.15, -0.1) is 0 Å². The minimum atomic E-state index is -3.88. The van der Waals surface area contributed by atoms with Crippen LogP contribution >= 0.6 is 21.5 Å². The highest BCUT2D eigenvalue weighted by atomic mass is 33.5. The highest BCUT2D eigenvalue weighted by molar-refractivity contribution is 9.01. The van der Waals surface area contributed by atoms with Crippen LogP contribution in [0.1, 0.15) is 0 Å². The highest BCUT2D eigenvalue weighted by Gasteiger charge is 1.96. The van der Waals surface area contributed by atoms with Gasteiger partial charge in [0.05, 0.1) is 9.83 Å². The average Bonchev–Trinajstić information content (AvgIpc) is 2.07. The normalized spacial score (nSPS) is 17.8. The Morgan fingerprint density at radius 3 is 1.50 bits per heavy atom. The number of piperazine rings is 1. The van der Waals surface area contributed by atoms with E-state index in [-0.39, 0.29) is 9.83 Å². The van der Waals surface area contributed by atoms with Gasteiger partial charge >= 0.3 is 9.15 Å². The van der Waals surface area contributed by atoms with E-state index in [1.165, 1.54) is 0 Å². The summed E-state index contributed by atoms with van der Waals surface area (Å²) in [6.07, 6.45) is 0. The fourth-order valence-corrected chi connectivity index (χ4v) is 0.604. The Morgan fingerprint density at radius 1 is 1.17 bits per heavy atom. The lowest BCUT2D eigenvalue weighted by atomic mass is 10.4. The van der Waals surface area contributed by atoms with Gasteiger partial charge in [0.1, 0.15) is 0 Å². The molecule has 0 bridgehead atoms. The summed E-state index contributed by atoms with van der Waals surface area (Å²) in [6, 6.07) is 0. The largest absolute Gasteiger partial charge is 0.329 e. The number of nitrogens with one attached hydrogen (secondary N) is 2. The van der Waals surface area contributed by atoms with Gasteiger partial charge in [-0.05, 0) is 0 Å². The first-order valence-corrected chi connectivity index (χ1v) is 7.11. The highest BCUT2D eigenvalue weighted by Crippen LogP contribution is 2.11. The van der Waals surface area contributed by atoms with Crippen molar-refractivity contribution >= 4 is 30.6 Å². The third-order valence-electron chi connectivity index (χ3n) is 1.05. The third-order valence-corrected chi connectivity index (χ3v) is 3.50. The minimum absolute atomic E-state index is 0.104.